The third-order valence-electron chi connectivity index (χ3n) is 3.76. The van der Waals surface area contributed by atoms with Crippen molar-refractivity contribution in [2.45, 2.75) is 52.1 Å². The number of carboxylic acid groups (broad SMARTS) is 1. The Bertz CT molecular complexity index is 496. The molecule has 1 N–H and O–H groups in total. The number of amides is 1. The van der Waals surface area contributed by atoms with Gasteiger partial charge in [-0.3, -0.25) is 4.79 Å². The molecule has 0 spiro atoms. The van der Waals surface area contributed by atoms with Crippen molar-refractivity contribution >= 4 is 11.9 Å². The maximum atomic E-state index is 12.4. The summed E-state index contributed by atoms with van der Waals surface area (Å²) >= 11 is 0. The lowest BCUT2D eigenvalue weighted by molar-refractivity contribution is 0.0655. The van der Waals surface area contributed by atoms with Gasteiger partial charge in [-0.05, 0) is 26.7 Å². The predicted molar refractivity (Wildman–Crippen MR) is 69.4 cm³/mol. The first-order valence-corrected chi connectivity index (χ1v) is 6.64. The predicted octanol–water partition coefficient (Wildman–Crippen LogP) is 2.55. The zero-order valence-corrected chi connectivity index (χ0v) is 11.5. The van der Waals surface area contributed by atoms with Crippen molar-refractivity contribution in [1.82, 2.24) is 4.90 Å². The first-order valence-electron chi connectivity index (χ1n) is 6.64. The van der Waals surface area contributed by atoms with Crippen molar-refractivity contribution in [2.24, 2.45) is 0 Å². The summed E-state index contributed by atoms with van der Waals surface area (Å²) in [6.45, 7) is 5.81. The highest BCUT2D eigenvalue weighted by molar-refractivity contribution is 5.96. The van der Waals surface area contributed by atoms with E-state index in [1.807, 2.05) is 13.8 Å². The zero-order chi connectivity index (χ0) is 14.2. The maximum Gasteiger partial charge on any atom is 0.339 e. The van der Waals surface area contributed by atoms with Gasteiger partial charge in [0.2, 0.25) is 0 Å². The Kier molecular flexibility index (Phi) is 3.64. The minimum Gasteiger partial charge on any atom is -0.478 e. The van der Waals surface area contributed by atoms with Crippen molar-refractivity contribution in [3.63, 3.8) is 0 Å². The molecule has 0 aliphatic carbocycles. The fraction of sp³-hybridized carbons (Fsp3) is 0.571. The average molecular weight is 265 g/mol. The van der Waals surface area contributed by atoms with Gasteiger partial charge in [0.25, 0.3) is 5.91 Å². The van der Waals surface area contributed by atoms with E-state index in [1.54, 1.807) is 11.8 Å². The van der Waals surface area contributed by atoms with Crippen LogP contribution in [0.25, 0.3) is 0 Å². The molecule has 0 saturated carbocycles. The van der Waals surface area contributed by atoms with E-state index < -0.39 is 5.97 Å². The number of likely N-dealkylation sites (tertiary alicyclic amines) is 1. The highest BCUT2D eigenvalue weighted by Gasteiger charge is 2.34. The molecule has 19 heavy (non-hydrogen) atoms. The highest BCUT2D eigenvalue weighted by Crippen LogP contribution is 2.27. The van der Waals surface area contributed by atoms with E-state index in [0.29, 0.717) is 12.2 Å². The molecule has 1 fully saturated rings. The van der Waals surface area contributed by atoms with Gasteiger partial charge in [0, 0.05) is 24.6 Å². The minimum absolute atomic E-state index is 0.0883. The van der Waals surface area contributed by atoms with E-state index in [0.717, 1.165) is 12.8 Å². The van der Waals surface area contributed by atoms with Crippen LogP contribution in [0.15, 0.2) is 10.5 Å². The van der Waals surface area contributed by atoms with Crippen LogP contribution >= 0.6 is 0 Å². The highest BCUT2D eigenvalue weighted by atomic mass is 16.4. The van der Waals surface area contributed by atoms with Gasteiger partial charge in [0.05, 0.1) is 0 Å². The summed E-state index contributed by atoms with van der Waals surface area (Å²) in [5.74, 6) is -0.771. The molecule has 0 radical (unpaired) electrons. The van der Waals surface area contributed by atoms with Crippen molar-refractivity contribution in [3.8, 4) is 0 Å². The molecule has 104 valence electrons. The van der Waals surface area contributed by atoms with Crippen LogP contribution in [0.3, 0.4) is 0 Å². The van der Waals surface area contributed by atoms with E-state index in [4.69, 9.17) is 9.52 Å². The number of carboxylic acids is 1. The largest absolute Gasteiger partial charge is 0.478 e. The Morgan fingerprint density at radius 3 is 2.37 bits per heavy atom. The van der Waals surface area contributed by atoms with Crippen molar-refractivity contribution in [3.05, 3.63) is 23.2 Å². The topological polar surface area (TPSA) is 70.8 Å². The van der Waals surface area contributed by atoms with Crippen LogP contribution in [0.1, 0.15) is 60.3 Å². The molecule has 5 heteroatoms. The molecule has 2 rings (SSSR count). The number of furan rings is 1. The van der Waals surface area contributed by atoms with Gasteiger partial charge in [0.1, 0.15) is 11.3 Å². The summed E-state index contributed by atoms with van der Waals surface area (Å²) in [5, 5.41) is 9.08. The maximum absolute atomic E-state index is 12.4. The number of hydrogen-bond donors (Lipinski definition) is 1. The lowest BCUT2D eigenvalue weighted by atomic mass is 10.2. The molecule has 1 aliphatic rings. The normalized spacial score (nSPS) is 22.8. The second-order valence-corrected chi connectivity index (χ2v) is 5.09. The van der Waals surface area contributed by atoms with Crippen molar-refractivity contribution < 1.29 is 19.1 Å². The summed E-state index contributed by atoms with van der Waals surface area (Å²) in [4.78, 5) is 25.3. The van der Waals surface area contributed by atoms with Crippen molar-refractivity contribution in [2.75, 3.05) is 0 Å². The number of hydrogen-bond acceptors (Lipinski definition) is 3. The average Bonchev–Trinajstić information content (AvgIpc) is 2.93. The van der Waals surface area contributed by atoms with Crippen LogP contribution in [0.5, 0.6) is 0 Å². The number of aromatic carboxylic acids is 1. The van der Waals surface area contributed by atoms with Gasteiger partial charge >= 0.3 is 5.97 Å². The molecule has 1 aromatic heterocycles. The summed E-state index contributed by atoms with van der Waals surface area (Å²) < 4.78 is 5.42. The molecule has 2 atom stereocenters. The number of carbonyl (C=O) groups excluding carboxylic acids is 1. The second-order valence-electron chi connectivity index (χ2n) is 5.09. The van der Waals surface area contributed by atoms with Crippen LogP contribution in [-0.4, -0.2) is 34.0 Å². The molecular formula is C14H19NO4. The molecule has 5 nitrogen and oxygen atoms in total. The summed E-state index contributed by atoms with van der Waals surface area (Å²) in [7, 11) is 0. The number of aryl methyl sites for hydroxylation is 1. The van der Waals surface area contributed by atoms with Gasteiger partial charge in [0.15, 0.2) is 5.76 Å². The fourth-order valence-corrected chi connectivity index (χ4v) is 2.70. The monoisotopic (exact) mass is 265 g/mol. The van der Waals surface area contributed by atoms with Gasteiger partial charge < -0.3 is 14.4 Å². The standard InChI is InChI=1S/C14H19NO4/c1-4-11-10(14(17)18)7-12(19-11)13(16)15-8(2)5-6-9(15)3/h7-9H,4-6H2,1-3H3,(H,17,18). The van der Waals surface area contributed by atoms with Crippen LogP contribution in [0.2, 0.25) is 0 Å². The van der Waals surface area contributed by atoms with E-state index in [2.05, 4.69) is 0 Å². The third kappa shape index (κ3) is 2.37. The SMILES string of the molecule is CCc1oc(C(=O)N2C(C)CCC2C)cc1C(=O)O. The lowest BCUT2D eigenvalue weighted by Crippen LogP contribution is -2.38. The Labute approximate surface area is 112 Å². The molecule has 1 aromatic rings. The lowest BCUT2D eigenvalue weighted by Gasteiger charge is -2.25. The number of carbonyl (C=O) groups is 2. The van der Waals surface area contributed by atoms with Crippen LogP contribution < -0.4 is 0 Å². The molecule has 1 saturated heterocycles. The van der Waals surface area contributed by atoms with E-state index in [1.165, 1.54) is 6.07 Å². The van der Waals surface area contributed by atoms with Crippen LogP contribution in [0, 0.1) is 0 Å². The molecule has 0 aromatic carbocycles. The Balaban J connectivity index is 2.31. The van der Waals surface area contributed by atoms with E-state index >= 15 is 0 Å². The minimum atomic E-state index is -1.05. The fourth-order valence-electron chi connectivity index (χ4n) is 2.70. The first kappa shape index (κ1) is 13.6. The van der Waals surface area contributed by atoms with Crippen LogP contribution in [-0.2, 0) is 6.42 Å². The third-order valence-corrected chi connectivity index (χ3v) is 3.76. The quantitative estimate of drug-likeness (QED) is 0.911. The van der Waals surface area contributed by atoms with Gasteiger partial charge in [-0.25, -0.2) is 4.79 Å². The number of nitrogens with zero attached hydrogens (tertiary/aromatic N) is 1. The molecule has 0 bridgehead atoms. The zero-order valence-electron chi connectivity index (χ0n) is 11.5. The van der Waals surface area contributed by atoms with E-state index in [9.17, 15) is 9.59 Å². The van der Waals surface area contributed by atoms with Gasteiger partial charge in [-0.1, -0.05) is 6.92 Å². The smallest absolute Gasteiger partial charge is 0.339 e. The Morgan fingerprint density at radius 1 is 1.37 bits per heavy atom. The number of rotatable bonds is 3. The molecule has 1 amide bonds. The molecule has 2 unspecified atom stereocenters. The van der Waals surface area contributed by atoms with Crippen molar-refractivity contribution in [1.29, 1.82) is 0 Å². The van der Waals surface area contributed by atoms with Gasteiger partial charge in [-0.2, -0.15) is 0 Å². The summed E-state index contributed by atoms with van der Waals surface area (Å²) in [6, 6.07) is 1.69. The summed E-state index contributed by atoms with van der Waals surface area (Å²) in [6.07, 6.45) is 2.40. The second kappa shape index (κ2) is 5.07. The van der Waals surface area contributed by atoms with E-state index in [-0.39, 0.29) is 29.3 Å². The molecule has 1 aliphatic heterocycles. The Morgan fingerprint density at radius 2 is 1.95 bits per heavy atom. The van der Waals surface area contributed by atoms with Gasteiger partial charge in [-0.15, -0.1) is 0 Å². The summed E-state index contributed by atoms with van der Waals surface area (Å²) in [5.41, 5.74) is 0.0883. The van der Waals surface area contributed by atoms with Crippen LogP contribution in [0.4, 0.5) is 0 Å². The molecular weight excluding hydrogens is 246 g/mol. The molecule has 2 heterocycles. The first-order chi connectivity index (χ1) is 8.95. The Hall–Kier alpha value is -1.78.